The molecule has 0 amide bonds. The lowest BCUT2D eigenvalue weighted by atomic mass is 10.0. The van der Waals surface area contributed by atoms with Crippen molar-refractivity contribution in [3.05, 3.63) is 65.7 Å². The van der Waals surface area contributed by atoms with Gasteiger partial charge in [-0.05, 0) is 23.1 Å². The molecule has 0 aliphatic rings. The molecule has 0 spiro atoms. The van der Waals surface area contributed by atoms with Gasteiger partial charge in [0.25, 0.3) is 0 Å². The number of nitrogens with zero attached hydrogens (tertiary/aromatic N) is 2. The van der Waals surface area contributed by atoms with Crippen molar-refractivity contribution in [1.29, 1.82) is 0 Å². The third-order valence-electron chi connectivity index (χ3n) is 4.35. The number of benzene rings is 2. The number of aliphatic imine (C=N–C) groups is 1. The lowest BCUT2D eigenvalue weighted by Gasteiger charge is -2.18. The normalized spacial score (nSPS) is 13.0. The summed E-state index contributed by atoms with van der Waals surface area (Å²) in [6, 6.07) is 17.3. The minimum absolute atomic E-state index is 0. The number of guanidine groups is 1. The van der Waals surface area contributed by atoms with E-state index in [0.29, 0.717) is 28.9 Å². The van der Waals surface area contributed by atoms with Gasteiger partial charge in [-0.3, -0.25) is 4.99 Å². The zero-order chi connectivity index (χ0) is 19.9. The summed E-state index contributed by atoms with van der Waals surface area (Å²) in [7, 11) is 1.27. The molecule has 0 aromatic heterocycles. The van der Waals surface area contributed by atoms with Crippen LogP contribution >= 0.6 is 24.0 Å². The summed E-state index contributed by atoms with van der Waals surface area (Å²) in [4.78, 5) is 4.53. The second kappa shape index (κ2) is 11.4. The Labute approximate surface area is 185 Å². The number of sulfonamides is 1. The maximum Gasteiger partial charge on any atom is 0.242 e. The Bertz CT molecular complexity index is 871. The molecule has 2 aromatic carbocycles. The molecule has 2 rings (SSSR count). The Morgan fingerprint density at radius 3 is 2.25 bits per heavy atom. The van der Waals surface area contributed by atoms with E-state index in [9.17, 15) is 8.42 Å². The largest absolute Gasteiger partial charge is 0.356 e. The molecular formula is C20H29IN4O2S. The van der Waals surface area contributed by atoms with Crippen LogP contribution in [0.15, 0.2) is 64.5 Å². The lowest BCUT2D eigenvalue weighted by Crippen LogP contribution is -2.39. The maximum atomic E-state index is 12.5. The van der Waals surface area contributed by atoms with Crippen LogP contribution in [0.25, 0.3) is 0 Å². The zero-order valence-corrected chi connectivity index (χ0v) is 19.9. The Kier molecular flexibility index (Phi) is 9.91. The first-order valence-electron chi connectivity index (χ1n) is 8.86. The Morgan fingerprint density at radius 1 is 1.04 bits per heavy atom. The Balaban J connectivity index is 0.00000392. The van der Waals surface area contributed by atoms with E-state index in [4.69, 9.17) is 0 Å². The molecule has 0 aliphatic heterocycles. The van der Waals surface area contributed by atoms with Crippen LogP contribution in [-0.4, -0.2) is 46.4 Å². The topological polar surface area (TPSA) is 73.8 Å². The van der Waals surface area contributed by atoms with Crippen LogP contribution in [-0.2, 0) is 16.6 Å². The van der Waals surface area contributed by atoms with Gasteiger partial charge in [0.2, 0.25) is 10.0 Å². The quantitative estimate of drug-likeness (QED) is 0.337. The summed E-state index contributed by atoms with van der Waals surface area (Å²) in [5, 5.41) is 6.50. The summed E-state index contributed by atoms with van der Waals surface area (Å²) in [5.41, 5.74) is 1.95. The third kappa shape index (κ3) is 6.46. The highest BCUT2D eigenvalue weighted by molar-refractivity contribution is 14.0. The first kappa shape index (κ1) is 24.4. The summed E-state index contributed by atoms with van der Waals surface area (Å²) < 4.78 is 26.2. The van der Waals surface area contributed by atoms with Crippen molar-refractivity contribution < 1.29 is 8.42 Å². The molecule has 2 N–H and O–H groups in total. The third-order valence-corrected chi connectivity index (χ3v) is 6.26. The Morgan fingerprint density at radius 2 is 1.64 bits per heavy atom. The summed E-state index contributed by atoms with van der Waals surface area (Å²) in [6.07, 6.45) is 0. The fourth-order valence-electron chi connectivity index (χ4n) is 2.65. The van der Waals surface area contributed by atoms with Crippen molar-refractivity contribution in [3.8, 4) is 0 Å². The molecule has 28 heavy (non-hydrogen) atoms. The fraction of sp³-hybridized carbons (Fsp3) is 0.350. The Hall–Kier alpha value is -1.65. The van der Waals surface area contributed by atoms with E-state index in [2.05, 4.69) is 34.7 Å². The average molecular weight is 516 g/mol. The van der Waals surface area contributed by atoms with Crippen LogP contribution in [0, 0.1) is 0 Å². The summed E-state index contributed by atoms with van der Waals surface area (Å²) >= 11 is 0. The molecule has 0 aliphatic carbocycles. The first-order valence-corrected chi connectivity index (χ1v) is 10.3. The molecule has 0 saturated heterocycles. The van der Waals surface area contributed by atoms with Crippen molar-refractivity contribution in [2.75, 3.05) is 27.7 Å². The molecule has 0 bridgehead atoms. The molecule has 1 atom stereocenters. The van der Waals surface area contributed by atoms with Crippen LogP contribution in [0.5, 0.6) is 0 Å². The van der Waals surface area contributed by atoms with E-state index >= 15 is 0 Å². The lowest BCUT2D eigenvalue weighted by molar-refractivity contribution is 0.519. The van der Waals surface area contributed by atoms with Crippen molar-refractivity contribution in [2.24, 2.45) is 4.99 Å². The molecule has 1 unspecified atom stereocenters. The van der Waals surface area contributed by atoms with E-state index in [1.54, 1.807) is 19.2 Å². The van der Waals surface area contributed by atoms with Gasteiger partial charge in [-0.25, -0.2) is 12.7 Å². The van der Waals surface area contributed by atoms with Crippen molar-refractivity contribution in [2.45, 2.75) is 24.3 Å². The van der Waals surface area contributed by atoms with Gasteiger partial charge in [0.15, 0.2) is 5.96 Å². The highest BCUT2D eigenvalue weighted by atomic mass is 127. The zero-order valence-electron chi connectivity index (χ0n) is 16.7. The van der Waals surface area contributed by atoms with Gasteiger partial charge >= 0.3 is 0 Å². The predicted molar refractivity (Wildman–Crippen MR) is 126 cm³/mol. The van der Waals surface area contributed by atoms with Gasteiger partial charge in [0, 0.05) is 34.2 Å². The molecule has 8 heteroatoms. The summed E-state index contributed by atoms with van der Waals surface area (Å²) in [6.45, 7) is 3.23. The monoisotopic (exact) mass is 516 g/mol. The van der Waals surface area contributed by atoms with E-state index in [1.165, 1.54) is 24.0 Å². The minimum Gasteiger partial charge on any atom is -0.356 e. The van der Waals surface area contributed by atoms with Gasteiger partial charge in [0.05, 0.1) is 4.90 Å². The highest BCUT2D eigenvalue weighted by Gasteiger charge is 2.20. The minimum atomic E-state index is -3.49. The molecule has 0 radical (unpaired) electrons. The van der Waals surface area contributed by atoms with E-state index < -0.39 is 10.0 Å². The molecule has 0 fully saturated rings. The summed E-state index contributed by atoms with van der Waals surface area (Å²) in [5.74, 6) is 0.959. The van der Waals surface area contributed by atoms with E-state index in [0.717, 1.165) is 6.54 Å². The van der Waals surface area contributed by atoms with Crippen molar-refractivity contribution in [3.63, 3.8) is 0 Å². The average Bonchev–Trinajstić information content (AvgIpc) is 2.68. The molecule has 2 aromatic rings. The molecular weight excluding hydrogens is 487 g/mol. The van der Waals surface area contributed by atoms with Gasteiger partial charge in [-0.2, -0.15) is 0 Å². The number of rotatable bonds is 7. The van der Waals surface area contributed by atoms with E-state index in [-0.39, 0.29) is 24.0 Å². The van der Waals surface area contributed by atoms with Gasteiger partial charge in [-0.15, -0.1) is 24.0 Å². The highest BCUT2D eigenvalue weighted by Crippen LogP contribution is 2.18. The second-order valence-electron chi connectivity index (χ2n) is 6.51. The standard InChI is InChI=1S/C20H28N4O2S.HI/c1-16(17-10-6-5-7-11-17)14-22-20(21-2)23-15-18-12-8-9-13-19(18)27(25,26)24(3)4;/h5-13,16H,14-15H2,1-4H3,(H2,21,22,23);1H. The van der Waals surface area contributed by atoms with Gasteiger partial charge in [0.1, 0.15) is 0 Å². The van der Waals surface area contributed by atoms with Gasteiger partial charge in [-0.1, -0.05) is 55.5 Å². The number of hydrogen-bond acceptors (Lipinski definition) is 3. The van der Waals surface area contributed by atoms with Gasteiger partial charge < -0.3 is 10.6 Å². The van der Waals surface area contributed by atoms with E-state index in [1.807, 2.05) is 30.3 Å². The molecule has 6 nitrogen and oxygen atoms in total. The molecule has 0 saturated carbocycles. The number of nitrogens with one attached hydrogen (secondary N) is 2. The first-order chi connectivity index (χ1) is 12.9. The van der Waals surface area contributed by atoms with Crippen LogP contribution in [0.3, 0.4) is 0 Å². The smallest absolute Gasteiger partial charge is 0.242 e. The predicted octanol–water partition coefficient (Wildman–Crippen LogP) is 3.02. The maximum absolute atomic E-state index is 12.5. The number of hydrogen-bond donors (Lipinski definition) is 2. The van der Waals surface area contributed by atoms with Crippen LogP contribution in [0.1, 0.15) is 24.0 Å². The second-order valence-corrected chi connectivity index (χ2v) is 8.63. The number of halogens is 1. The van der Waals surface area contributed by atoms with Crippen LogP contribution in [0.4, 0.5) is 0 Å². The van der Waals surface area contributed by atoms with Crippen molar-refractivity contribution >= 4 is 40.0 Å². The van der Waals surface area contributed by atoms with Crippen LogP contribution in [0.2, 0.25) is 0 Å². The molecule has 0 heterocycles. The van der Waals surface area contributed by atoms with Crippen LogP contribution < -0.4 is 10.6 Å². The SMILES string of the molecule is CN=C(NCc1ccccc1S(=O)(=O)N(C)C)NCC(C)c1ccccc1.I. The fourth-order valence-corrected chi connectivity index (χ4v) is 3.76. The molecule has 154 valence electrons. The van der Waals surface area contributed by atoms with Crippen molar-refractivity contribution in [1.82, 2.24) is 14.9 Å².